The first-order valence-electron chi connectivity index (χ1n) is 4.57. The Balaban J connectivity index is 2.46. The van der Waals surface area contributed by atoms with Gasteiger partial charge in [0, 0.05) is 22.7 Å². The molecule has 76 valence electrons. The summed E-state index contributed by atoms with van der Waals surface area (Å²) in [6.07, 6.45) is 1.55. The molecule has 1 aromatic carbocycles. The van der Waals surface area contributed by atoms with E-state index in [4.69, 9.17) is 0 Å². The van der Waals surface area contributed by atoms with Crippen molar-refractivity contribution in [1.29, 1.82) is 0 Å². The molecule has 1 aromatic heterocycles. The van der Waals surface area contributed by atoms with E-state index < -0.39 is 5.95 Å². The Hall–Kier alpha value is -1.22. The third kappa shape index (κ3) is 2.23. The van der Waals surface area contributed by atoms with Crippen LogP contribution in [0, 0.1) is 5.95 Å². The van der Waals surface area contributed by atoms with Crippen LogP contribution < -0.4 is 0 Å². The molecule has 15 heavy (non-hydrogen) atoms. The van der Waals surface area contributed by atoms with E-state index in [0.29, 0.717) is 10.9 Å². The van der Waals surface area contributed by atoms with Gasteiger partial charge in [0.15, 0.2) is 0 Å². The van der Waals surface area contributed by atoms with E-state index in [9.17, 15) is 4.39 Å². The molecule has 0 bridgehead atoms. The Morgan fingerprint density at radius 1 is 1.13 bits per heavy atom. The summed E-state index contributed by atoms with van der Waals surface area (Å²) in [7, 11) is 0. The maximum atomic E-state index is 13.1. The minimum atomic E-state index is -0.411. The van der Waals surface area contributed by atoms with Gasteiger partial charge in [0.25, 0.3) is 0 Å². The SMILES string of the molecule is Fc1ncc(-c2ccccc2)cc1CBr. The summed E-state index contributed by atoms with van der Waals surface area (Å²) >= 11 is 3.24. The summed E-state index contributed by atoms with van der Waals surface area (Å²) in [4.78, 5) is 3.73. The predicted octanol–water partition coefficient (Wildman–Crippen LogP) is 3.78. The Kier molecular flexibility index (Phi) is 3.11. The van der Waals surface area contributed by atoms with Crippen molar-refractivity contribution in [2.75, 3.05) is 0 Å². The van der Waals surface area contributed by atoms with E-state index in [1.54, 1.807) is 6.20 Å². The van der Waals surface area contributed by atoms with Gasteiger partial charge in [-0.3, -0.25) is 0 Å². The molecule has 0 fully saturated rings. The molecule has 0 N–H and O–H groups in total. The van der Waals surface area contributed by atoms with E-state index in [0.717, 1.165) is 11.1 Å². The molecule has 2 aromatic rings. The zero-order chi connectivity index (χ0) is 10.7. The Morgan fingerprint density at radius 2 is 1.87 bits per heavy atom. The molecule has 0 radical (unpaired) electrons. The summed E-state index contributed by atoms with van der Waals surface area (Å²) in [5.41, 5.74) is 2.56. The third-order valence-corrected chi connectivity index (χ3v) is 2.77. The molecular weight excluding hydrogens is 257 g/mol. The normalized spacial score (nSPS) is 10.3. The molecule has 1 nitrogen and oxygen atoms in total. The zero-order valence-corrected chi connectivity index (χ0v) is 9.54. The lowest BCUT2D eigenvalue weighted by atomic mass is 10.1. The Morgan fingerprint density at radius 3 is 2.53 bits per heavy atom. The second kappa shape index (κ2) is 4.53. The molecular formula is C12H9BrFN. The molecule has 0 aliphatic heterocycles. The van der Waals surface area contributed by atoms with Crippen LogP contribution in [-0.2, 0) is 5.33 Å². The van der Waals surface area contributed by atoms with Gasteiger partial charge in [-0.15, -0.1) is 0 Å². The number of nitrogens with zero attached hydrogens (tertiary/aromatic N) is 1. The van der Waals surface area contributed by atoms with Crippen LogP contribution in [-0.4, -0.2) is 4.98 Å². The summed E-state index contributed by atoms with van der Waals surface area (Å²) < 4.78 is 13.1. The average Bonchev–Trinajstić information content (AvgIpc) is 2.31. The van der Waals surface area contributed by atoms with Crippen molar-refractivity contribution in [2.45, 2.75) is 5.33 Å². The molecule has 2 rings (SSSR count). The third-order valence-electron chi connectivity index (χ3n) is 2.16. The fourth-order valence-electron chi connectivity index (χ4n) is 1.38. The summed E-state index contributed by atoms with van der Waals surface area (Å²) in [5.74, 6) is -0.411. The van der Waals surface area contributed by atoms with Gasteiger partial charge in [-0.05, 0) is 11.6 Å². The first-order chi connectivity index (χ1) is 7.31. The summed E-state index contributed by atoms with van der Waals surface area (Å²) in [6.45, 7) is 0. The van der Waals surface area contributed by atoms with Gasteiger partial charge in [-0.1, -0.05) is 46.3 Å². The highest BCUT2D eigenvalue weighted by atomic mass is 79.9. The standard InChI is InChI=1S/C12H9BrFN/c13-7-10-6-11(8-15-12(10)14)9-4-2-1-3-5-9/h1-6,8H,7H2. The first kappa shape index (κ1) is 10.3. The minimum absolute atomic E-state index is 0.411. The fourth-order valence-corrected chi connectivity index (χ4v) is 1.77. The molecule has 0 aliphatic rings. The van der Waals surface area contributed by atoms with Gasteiger partial charge in [0.2, 0.25) is 5.95 Å². The van der Waals surface area contributed by atoms with Crippen LogP contribution in [0.1, 0.15) is 5.56 Å². The highest BCUT2D eigenvalue weighted by Gasteiger charge is 2.04. The lowest BCUT2D eigenvalue weighted by molar-refractivity contribution is 0.574. The quantitative estimate of drug-likeness (QED) is 0.595. The van der Waals surface area contributed by atoms with Gasteiger partial charge in [0.05, 0.1) is 0 Å². The fraction of sp³-hybridized carbons (Fsp3) is 0.0833. The molecule has 0 aliphatic carbocycles. The molecule has 0 unspecified atom stereocenters. The monoisotopic (exact) mass is 265 g/mol. The van der Waals surface area contributed by atoms with Gasteiger partial charge in [-0.2, -0.15) is 4.39 Å². The van der Waals surface area contributed by atoms with Crippen molar-refractivity contribution in [3.05, 3.63) is 54.1 Å². The van der Waals surface area contributed by atoms with E-state index in [2.05, 4.69) is 20.9 Å². The molecule has 0 saturated heterocycles. The number of halogens is 2. The largest absolute Gasteiger partial charge is 0.227 e. The van der Waals surface area contributed by atoms with E-state index >= 15 is 0 Å². The van der Waals surface area contributed by atoms with Crippen molar-refractivity contribution < 1.29 is 4.39 Å². The van der Waals surface area contributed by atoms with Crippen molar-refractivity contribution >= 4 is 15.9 Å². The number of alkyl halides is 1. The summed E-state index contributed by atoms with van der Waals surface area (Å²) in [5, 5.41) is 0.479. The van der Waals surface area contributed by atoms with Crippen LogP contribution >= 0.6 is 15.9 Å². The highest BCUT2D eigenvalue weighted by Crippen LogP contribution is 2.21. The van der Waals surface area contributed by atoms with E-state index in [-0.39, 0.29) is 0 Å². The number of benzene rings is 1. The van der Waals surface area contributed by atoms with Gasteiger partial charge < -0.3 is 0 Å². The predicted molar refractivity (Wildman–Crippen MR) is 62.3 cm³/mol. The lowest BCUT2D eigenvalue weighted by Crippen LogP contribution is -1.91. The minimum Gasteiger partial charge on any atom is -0.227 e. The van der Waals surface area contributed by atoms with Crippen molar-refractivity contribution in [1.82, 2.24) is 4.98 Å². The van der Waals surface area contributed by atoms with Crippen LogP contribution in [0.5, 0.6) is 0 Å². The Bertz CT molecular complexity index is 456. The van der Waals surface area contributed by atoms with E-state index in [1.165, 1.54) is 0 Å². The Labute approximate surface area is 96.1 Å². The van der Waals surface area contributed by atoms with E-state index in [1.807, 2.05) is 36.4 Å². The van der Waals surface area contributed by atoms with Crippen LogP contribution in [0.25, 0.3) is 11.1 Å². The number of aromatic nitrogens is 1. The topological polar surface area (TPSA) is 12.9 Å². The van der Waals surface area contributed by atoms with Crippen LogP contribution in [0.2, 0.25) is 0 Å². The molecule has 0 saturated carbocycles. The highest BCUT2D eigenvalue weighted by molar-refractivity contribution is 9.08. The number of hydrogen-bond donors (Lipinski definition) is 0. The van der Waals surface area contributed by atoms with Crippen molar-refractivity contribution in [3.63, 3.8) is 0 Å². The first-order valence-corrected chi connectivity index (χ1v) is 5.69. The number of hydrogen-bond acceptors (Lipinski definition) is 1. The molecule has 3 heteroatoms. The number of rotatable bonds is 2. The maximum absolute atomic E-state index is 13.1. The second-order valence-electron chi connectivity index (χ2n) is 3.17. The van der Waals surface area contributed by atoms with Gasteiger partial charge in [-0.25, -0.2) is 4.98 Å². The molecule has 0 atom stereocenters. The van der Waals surface area contributed by atoms with Crippen LogP contribution in [0.3, 0.4) is 0 Å². The van der Waals surface area contributed by atoms with Crippen molar-refractivity contribution in [3.8, 4) is 11.1 Å². The van der Waals surface area contributed by atoms with Crippen LogP contribution in [0.15, 0.2) is 42.6 Å². The van der Waals surface area contributed by atoms with Crippen molar-refractivity contribution in [2.24, 2.45) is 0 Å². The lowest BCUT2D eigenvalue weighted by Gasteiger charge is -2.03. The molecule has 1 heterocycles. The maximum Gasteiger partial charge on any atom is 0.216 e. The smallest absolute Gasteiger partial charge is 0.216 e. The molecule has 0 spiro atoms. The number of pyridine rings is 1. The summed E-state index contributed by atoms with van der Waals surface area (Å²) in [6, 6.07) is 11.6. The van der Waals surface area contributed by atoms with Gasteiger partial charge in [0.1, 0.15) is 0 Å². The molecule has 0 amide bonds. The zero-order valence-electron chi connectivity index (χ0n) is 7.95. The average molecular weight is 266 g/mol. The van der Waals surface area contributed by atoms with Crippen LogP contribution in [0.4, 0.5) is 4.39 Å². The van der Waals surface area contributed by atoms with Gasteiger partial charge >= 0.3 is 0 Å². The second-order valence-corrected chi connectivity index (χ2v) is 3.73.